The zero-order chi connectivity index (χ0) is 29.6. The number of esters is 2. The Morgan fingerprint density at radius 2 is 1.22 bits per heavy atom. The number of halogens is 2. The molecule has 0 fully saturated rings. The van der Waals surface area contributed by atoms with Gasteiger partial charge < -0.3 is 9.47 Å². The Balaban J connectivity index is 1.54. The number of rotatable bonds is 7. The maximum atomic E-state index is 12.8. The minimum absolute atomic E-state index is 0.0394. The molecule has 0 atom stereocenters. The van der Waals surface area contributed by atoms with Crippen molar-refractivity contribution >= 4 is 47.3 Å². The zero-order valence-corrected chi connectivity index (χ0v) is 24.0. The fourth-order valence-corrected chi connectivity index (χ4v) is 3.87. The number of benzene rings is 4. The highest BCUT2D eigenvalue weighted by Crippen LogP contribution is 2.26. The minimum atomic E-state index is -0.666. The van der Waals surface area contributed by atoms with Gasteiger partial charge in [0.1, 0.15) is 11.5 Å². The molecule has 1 N–H and O–H groups in total. The van der Waals surface area contributed by atoms with E-state index in [-0.39, 0.29) is 28.0 Å². The van der Waals surface area contributed by atoms with Crippen molar-refractivity contribution in [2.75, 3.05) is 0 Å². The van der Waals surface area contributed by atoms with E-state index in [2.05, 4.69) is 31.3 Å². The molecule has 0 aromatic heterocycles. The number of hydrogen-bond acceptors (Lipinski definition) is 6. The third-order valence-corrected chi connectivity index (χ3v) is 6.44. The second-order valence-corrected chi connectivity index (χ2v) is 10.9. The van der Waals surface area contributed by atoms with Crippen LogP contribution < -0.4 is 14.9 Å². The highest BCUT2D eigenvalue weighted by Gasteiger charge is 2.16. The standard InChI is InChI=1S/C32H26Cl2N2O5/c1-32(2,3)24-11-4-20(5-12-24)29(37)36-35-19-23-10-17-27(40-30(38)21-6-13-25(33)14-7-21)18-28(23)41-31(39)22-8-15-26(34)16-9-22/h4-19H,1-3H3,(H,36,37)/b35-19-. The van der Waals surface area contributed by atoms with Gasteiger partial charge in [0.2, 0.25) is 0 Å². The van der Waals surface area contributed by atoms with E-state index in [0.29, 0.717) is 21.2 Å². The van der Waals surface area contributed by atoms with Crippen molar-refractivity contribution in [3.63, 3.8) is 0 Å². The van der Waals surface area contributed by atoms with Crippen molar-refractivity contribution in [2.45, 2.75) is 26.2 Å². The van der Waals surface area contributed by atoms with Gasteiger partial charge >= 0.3 is 11.9 Å². The molecule has 0 aliphatic carbocycles. The molecule has 0 saturated heterocycles. The molecular formula is C32H26Cl2N2O5. The van der Waals surface area contributed by atoms with Crippen LogP contribution in [0.15, 0.2) is 96.1 Å². The molecule has 1 amide bonds. The maximum Gasteiger partial charge on any atom is 0.343 e. The lowest BCUT2D eigenvalue weighted by Gasteiger charge is -2.18. The normalized spacial score (nSPS) is 11.2. The van der Waals surface area contributed by atoms with Crippen LogP contribution in [0.25, 0.3) is 0 Å². The van der Waals surface area contributed by atoms with Crippen molar-refractivity contribution in [2.24, 2.45) is 5.10 Å². The molecule has 0 radical (unpaired) electrons. The van der Waals surface area contributed by atoms with Crippen LogP contribution in [0.3, 0.4) is 0 Å². The van der Waals surface area contributed by atoms with E-state index < -0.39 is 17.8 Å². The molecule has 0 unspecified atom stereocenters. The molecule has 41 heavy (non-hydrogen) atoms. The highest BCUT2D eigenvalue weighted by atomic mass is 35.5. The van der Waals surface area contributed by atoms with Crippen LogP contribution in [-0.4, -0.2) is 24.1 Å². The van der Waals surface area contributed by atoms with Crippen molar-refractivity contribution in [1.82, 2.24) is 5.43 Å². The molecule has 208 valence electrons. The van der Waals surface area contributed by atoms with E-state index in [1.807, 2.05) is 12.1 Å². The number of nitrogens with zero attached hydrogens (tertiary/aromatic N) is 1. The fourth-order valence-electron chi connectivity index (χ4n) is 3.62. The van der Waals surface area contributed by atoms with E-state index >= 15 is 0 Å². The van der Waals surface area contributed by atoms with Gasteiger partial charge in [-0.1, -0.05) is 56.1 Å². The first-order chi connectivity index (χ1) is 19.5. The summed E-state index contributed by atoms with van der Waals surface area (Å²) in [4.78, 5) is 38.0. The third kappa shape index (κ3) is 8.03. The summed E-state index contributed by atoms with van der Waals surface area (Å²) in [5.41, 5.74) is 4.87. The van der Waals surface area contributed by atoms with Crippen LogP contribution in [0.4, 0.5) is 0 Å². The van der Waals surface area contributed by atoms with Gasteiger partial charge in [-0.05, 0) is 83.8 Å². The van der Waals surface area contributed by atoms with Crippen LogP contribution in [0.5, 0.6) is 11.5 Å². The molecule has 0 saturated carbocycles. The van der Waals surface area contributed by atoms with Crippen LogP contribution in [-0.2, 0) is 5.41 Å². The van der Waals surface area contributed by atoms with Gasteiger partial charge in [-0.25, -0.2) is 15.0 Å². The number of ether oxygens (including phenoxy) is 2. The number of carbonyl (C=O) groups is 3. The molecule has 0 heterocycles. The lowest BCUT2D eigenvalue weighted by atomic mass is 9.87. The predicted octanol–water partition coefficient (Wildman–Crippen LogP) is 7.49. The average Bonchev–Trinajstić information content (AvgIpc) is 2.94. The number of hydrazone groups is 1. The fraction of sp³-hybridized carbons (Fsp3) is 0.125. The summed E-state index contributed by atoms with van der Waals surface area (Å²) >= 11 is 11.8. The number of amides is 1. The first-order valence-electron chi connectivity index (χ1n) is 12.5. The summed E-state index contributed by atoms with van der Waals surface area (Å²) < 4.78 is 11.1. The Kier molecular flexibility index (Phi) is 9.22. The molecule has 4 aromatic carbocycles. The molecule has 0 spiro atoms. The Hall–Kier alpha value is -4.46. The molecule has 7 nitrogen and oxygen atoms in total. The van der Waals surface area contributed by atoms with E-state index in [1.165, 1.54) is 42.6 Å². The summed E-state index contributed by atoms with van der Waals surface area (Å²) in [6, 6.07) is 24.1. The van der Waals surface area contributed by atoms with E-state index in [9.17, 15) is 14.4 Å². The van der Waals surface area contributed by atoms with Crippen LogP contribution in [0, 0.1) is 0 Å². The van der Waals surface area contributed by atoms with E-state index in [4.69, 9.17) is 32.7 Å². The Bertz CT molecular complexity index is 1590. The summed E-state index contributed by atoms with van der Waals surface area (Å²) in [7, 11) is 0. The maximum absolute atomic E-state index is 12.8. The lowest BCUT2D eigenvalue weighted by molar-refractivity contribution is 0.0732. The van der Waals surface area contributed by atoms with Crippen molar-refractivity contribution in [3.8, 4) is 11.5 Å². The largest absolute Gasteiger partial charge is 0.423 e. The minimum Gasteiger partial charge on any atom is -0.423 e. The zero-order valence-electron chi connectivity index (χ0n) is 22.5. The Labute approximate surface area is 247 Å². The second kappa shape index (κ2) is 12.8. The lowest BCUT2D eigenvalue weighted by Crippen LogP contribution is -2.18. The van der Waals surface area contributed by atoms with Crippen molar-refractivity contribution in [3.05, 3.63) is 129 Å². The van der Waals surface area contributed by atoms with Crippen molar-refractivity contribution < 1.29 is 23.9 Å². The molecule has 0 aliphatic heterocycles. The second-order valence-electron chi connectivity index (χ2n) is 10.0. The summed E-state index contributed by atoms with van der Waals surface area (Å²) in [6.45, 7) is 6.27. The SMILES string of the molecule is CC(C)(C)c1ccc(C(=O)N/N=C\c2ccc(OC(=O)c3ccc(Cl)cc3)cc2OC(=O)c2ccc(Cl)cc2)cc1. The number of nitrogens with one attached hydrogen (secondary N) is 1. The molecule has 4 aromatic rings. The summed E-state index contributed by atoms with van der Waals surface area (Å²) in [6.07, 6.45) is 1.33. The van der Waals surface area contributed by atoms with Gasteiger partial charge in [0.05, 0.1) is 17.3 Å². The topological polar surface area (TPSA) is 94.1 Å². The Morgan fingerprint density at radius 1 is 0.707 bits per heavy atom. The molecule has 9 heteroatoms. The third-order valence-electron chi connectivity index (χ3n) is 5.94. The van der Waals surface area contributed by atoms with Gasteiger partial charge in [-0.3, -0.25) is 4.79 Å². The van der Waals surface area contributed by atoms with Crippen LogP contribution >= 0.6 is 23.2 Å². The Morgan fingerprint density at radius 3 is 1.76 bits per heavy atom. The quantitative estimate of drug-likeness (QED) is 0.104. The van der Waals surface area contributed by atoms with Gasteiger partial charge in [-0.2, -0.15) is 5.10 Å². The van der Waals surface area contributed by atoms with Crippen molar-refractivity contribution in [1.29, 1.82) is 0 Å². The number of carbonyl (C=O) groups excluding carboxylic acids is 3. The van der Waals surface area contributed by atoms with Crippen LogP contribution in [0.1, 0.15) is 63.0 Å². The van der Waals surface area contributed by atoms with Gasteiger partial charge in [-0.15, -0.1) is 0 Å². The van der Waals surface area contributed by atoms with E-state index in [0.717, 1.165) is 5.56 Å². The molecular weight excluding hydrogens is 563 g/mol. The monoisotopic (exact) mass is 588 g/mol. The van der Waals surface area contributed by atoms with E-state index in [1.54, 1.807) is 42.5 Å². The molecule has 0 aliphatic rings. The van der Waals surface area contributed by atoms with Gasteiger partial charge in [0, 0.05) is 27.2 Å². The smallest absolute Gasteiger partial charge is 0.343 e. The predicted molar refractivity (Wildman–Crippen MR) is 159 cm³/mol. The van der Waals surface area contributed by atoms with Gasteiger partial charge in [0.25, 0.3) is 5.91 Å². The first-order valence-corrected chi connectivity index (χ1v) is 13.3. The number of hydrogen-bond donors (Lipinski definition) is 1. The summed E-state index contributed by atoms with van der Waals surface area (Å²) in [5, 5.41) is 4.98. The highest BCUT2D eigenvalue weighted by molar-refractivity contribution is 6.31. The first kappa shape index (κ1) is 29.5. The molecule has 4 rings (SSSR count). The van der Waals surface area contributed by atoms with Crippen LogP contribution in [0.2, 0.25) is 10.0 Å². The summed E-state index contributed by atoms with van der Waals surface area (Å²) in [5.74, 6) is -1.51. The van der Waals surface area contributed by atoms with Gasteiger partial charge in [0.15, 0.2) is 0 Å². The molecule has 0 bridgehead atoms. The average molecular weight is 589 g/mol.